The first kappa shape index (κ1) is 21.7. The van der Waals surface area contributed by atoms with Crippen LogP contribution in [0, 0.1) is 0 Å². The summed E-state index contributed by atoms with van der Waals surface area (Å²) in [5, 5.41) is 12.7. The van der Waals surface area contributed by atoms with Crippen LogP contribution in [0.1, 0.15) is 45.5 Å². The zero-order valence-electron chi connectivity index (χ0n) is 17.4. The Bertz CT molecular complexity index is 871. The minimum absolute atomic E-state index is 0.0459. The SMILES string of the molecule is COC(=O)Cn1nnc(CCCc2ccc(B3OC(C)(C)C(C)(C)O3)cc2Cl)n1. The summed E-state index contributed by atoms with van der Waals surface area (Å²) in [4.78, 5) is 12.5. The van der Waals surface area contributed by atoms with Gasteiger partial charge in [0.25, 0.3) is 0 Å². The maximum absolute atomic E-state index is 11.2. The van der Waals surface area contributed by atoms with Gasteiger partial charge in [0.1, 0.15) is 0 Å². The molecule has 0 radical (unpaired) electrons. The largest absolute Gasteiger partial charge is 0.494 e. The Hall–Kier alpha value is -1.97. The Morgan fingerprint density at radius 1 is 1.21 bits per heavy atom. The predicted octanol–water partition coefficient (Wildman–Crippen LogP) is 1.97. The molecule has 10 heteroatoms. The first-order valence-corrected chi connectivity index (χ1v) is 9.96. The van der Waals surface area contributed by atoms with E-state index in [1.165, 1.54) is 11.9 Å². The minimum Gasteiger partial charge on any atom is -0.468 e. The van der Waals surface area contributed by atoms with Crippen molar-refractivity contribution in [2.75, 3.05) is 7.11 Å². The number of hydrogen-bond acceptors (Lipinski definition) is 7. The number of esters is 1. The normalized spacial score (nSPS) is 17.5. The van der Waals surface area contributed by atoms with Gasteiger partial charge in [-0.1, -0.05) is 23.7 Å². The fourth-order valence-electron chi connectivity index (χ4n) is 2.95. The summed E-state index contributed by atoms with van der Waals surface area (Å²) in [7, 11) is 0.891. The third-order valence-corrected chi connectivity index (χ3v) is 5.79. The van der Waals surface area contributed by atoms with Gasteiger partial charge in [0, 0.05) is 11.4 Å². The van der Waals surface area contributed by atoms with E-state index in [4.69, 9.17) is 20.9 Å². The van der Waals surface area contributed by atoms with Gasteiger partial charge >= 0.3 is 13.1 Å². The Morgan fingerprint density at radius 2 is 1.90 bits per heavy atom. The fraction of sp³-hybridized carbons (Fsp3) is 0.579. The number of aromatic nitrogens is 4. The molecule has 29 heavy (non-hydrogen) atoms. The lowest BCUT2D eigenvalue weighted by atomic mass is 9.78. The topological polar surface area (TPSA) is 88.4 Å². The highest BCUT2D eigenvalue weighted by molar-refractivity contribution is 6.62. The molecule has 0 spiro atoms. The summed E-state index contributed by atoms with van der Waals surface area (Å²) in [5.41, 5.74) is 1.17. The van der Waals surface area contributed by atoms with Crippen LogP contribution in [0.4, 0.5) is 0 Å². The van der Waals surface area contributed by atoms with Crippen molar-refractivity contribution >= 4 is 30.2 Å². The van der Waals surface area contributed by atoms with E-state index in [-0.39, 0.29) is 17.7 Å². The Balaban J connectivity index is 1.56. The first-order chi connectivity index (χ1) is 13.6. The number of aryl methyl sites for hydroxylation is 2. The van der Waals surface area contributed by atoms with E-state index in [1.807, 2.05) is 45.9 Å². The van der Waals surface area contributed by atoms with Crippen LogP contribution in [0.15, 0.2) is 18.2 Å². The first-order valence-electron chi connectivity index (χ1n) is 9.59. The molecular formula is C19H26BClN4O4. The van der Waals surface area contributed by atoms with Crippen molar-refractivity contribution in [2.24, 2.45) is 0 Å². The monoisotopic (exact) mass is 420 g/mol. The molecule has 1 saturated heterocycles. The van der Waals surface area contributed by atoms with E-state index in [0.29, 0.717) is 17.3 Å². The quantitative estimate of drug-likeness (QED) is 0.500. The van der Waals surface area contributed by atoms with Crippen molar-refractivity contribution in [2.45, 2.75) is 64.7 Å². The Kier molecular flexibility index (Phi) is 6.31. The molecule has 1 aliphatic rings. The van der Waals surface area contributed by atoms with Gasteiger partial charge in [-0.25, -0.2) is 4.79 Å². The molecular weight excluding hydrogens is 394 g/mol. The number of tetrazole rings is 1. The second-order valence-electron chi connectivity index (χ2n) is 8.10. The highest BCUT2D eigenvalue weighted by Gasteiger charge is 2.51. The van der Waals surface area contributed by atoms with E-state index < -0.39 is 13.1 Å². The summed E-state index contributed by atoms with van der Waals surface area (Å²) in [6.45, 7) is 8.06. The summed E-state index contributed by atoms with van der Waals surface area (Å²) < 4.78 is 16.7. The van der Waals surface area contributed by atoms with Gasteiger partial charge in [-0.05, 0) is 62.8 Å². The van der Waals surface area contributed by atoms with Gasteiger partial charge in [-0.15, -0.1) is 10.2 Å². The zero-order chi connectivity index (χ0) is 21.2. The number of rotatable bonds is 7. The van der Waals surface area contributed by atoms with Crippen LogP contribution < -0.4 is 5.46 Å². The molecule has 0 aliphatic carbocycles. The molecule has 0 saturated carbocycles. The number of carbonyl (C=O) groups is 1. The van der Waals surface area contributed by atoms with E-state index >= 15 is 0 Å². The zero-order valence-corrected chi connectivity index (χ0v) is 18.2. The van der Waals surface area contributed by atoms with Crippen LogP contribution >= 0.6 is 11.6 Å². The third-order valence-electron chi connectivity index (χ3n) is 5.44. The fourth-order valence-corrected chi connectivity index (χ4v) is 3.24. The lowest BCUT2D eigenvalue weighted by Crippen LogP contribution is -2.41. The molecule has 156 valence electrons. The number of methoxy groups -OCH3 is 1. The van der Waals surface area contributed by atoms with Gasteiger partial charge in [-0.2, -0.15) is 4.80 Å². The van der Waals surface area contributed by atoms with E-state index in [9.17, 15) is 4.79 Å². The maximum Gasteiger partial charge on any atom is 0.494 e. The van der Waals surface area contributed by atoms with Gasteiger partial charge in [-0.3, -0.25) is 0 Å². The number of benzene rings is 1. The van der Waals surface area contributed by atoms with Gasteiger partial charge in [0.2, 0.25) is 0 Å². The van der Waals surface area contributed by atoms with Crippen molar-refractivity contribution in [1.82, 2.24) is 20.2 Å². The summed E-state index contributed by atoms with van der Waals surface area (Å²) in [5.74, 6) is 0.168. The molecule has 0 unspecified atom stereocenters. The summed E-state index contributed by atoms with van der Waals surface area (Å²) in [6.07, 6.45) is 2.21. The average Bonchev–Trinajstić information content (AvgIpc) is 3.17. The molecule has 1 aromatic carbocycles. The number of hydrogen-bond donors (Lipinski definition) is 0. The molecule has 0 N–H and O–H groups in total. The van der Waals surface area contributed by atoms with Crippen LogP contribution in [0.3, 0.4) is 0 Å². The summed E-state index contributed by atoms with van der Waals surface area (Å²) >= 11 is 6.50. The molecule has 2 aromatic rings. The van der Waals surface area contributed by atoms with E-state index in [0.717, 1.165) is 23.9 Å². The smallest absolute Gasteiger partial charge is 0.468 e. The number of ether oxygens (including phenoxy) is 1. The average molecular weight is 421 g/mol. The van der Waals surface area contributed by atoms with Crippen molar-refractivity contribution in [3.05, 3.63) is 34.6 Å². The Morgan fingerprint density at radius 3 is 2.52 bits per heavy atom. The second kappa shape index (κ2) is 8.42. The number of halogens is 1. The second-order valence-corrected chi connectivity index (χ2v) is 8.51. The van der Waals surface area contributed by atoms with Crippen molar-refractivity contribution in [1.29, 1.82) is 0 Å². The van der Waals surface area contributed by atoms with Gasteiger partial charge < -0.3 is 14.0 Å². The predicted molar refractivity (Wildman–Crippen MR) is 109 cm³/mol. The maximum atomic E-state index is 11.2. The molecule has 1 fully saturated rings. The highest BCUT2D eigenvalue weighted by atomic mass is 35.5. The number of nitrogens with zero attached hydrogens (tertiary/aromatic N) is 4. The molecule has 0 amide bonds. The molecule has 0 bridgehead atoms. The summed E-state index contributed by atoms with van der Waals surface area (Å²) in [6, 6.07) is 5.91. The van der Waals surface area contributed by atoms with Crippen LogP contribution in [0.2, 0.25) is 5.02 Å². The van der Waals surface area contributed by atoms with Gasteiger partial charge in [0.15, 0.2) is 12.4 Å². The molecule has 0 atom stereocenters. The van der Waals surface area contributed by atoms with Crippen molar-refractivity contribution < 1.29 is 18.8 Å². The molecule has 1 aromatic heterocycles. The molecule has 1 aliphatic heterocycles. The highest BCUT2D eigenvalue weighted by Crippen LogP contribution is 2.36. The van der Waals surface area contributed by atoms with Gasteiger partial charge in [0.05, 0.1) is 18.3 Å². The minimum atomic E-state index is -0.430. The van der Waals surface area contributed by atoms with E-state index in [1.54, 1.807) is 0 Å². The van der Waals surface area contributed by atoms with Crippen LogP contribution in [0.25, 0.3) is 0 Å². The number of carbonyl (C=O) groups excluding carboxylic acids is 1. The standard InChI is InChI=1S/C19H26BClN4O4/c1-18(2)19(3,4)29-20(28-18)14-10-9-13(15(21)11-14)7-6-8-16-22-24-25(23-16)12-17(26)27-5/h9-11H,6-8,12H2,1-5H3. The molecule has 8 nitrogen and oxygen atoms in total. The molecule has 3 rings (SSSR count). The van der Waals surface area contributed by atoms with Crippen LogP contribution in [-0.4, -0.2) is 51.6 Å². The molecule has 2 heterocycles. The van der Waals surface area contributed by atoms with Crippen LogP contribution in [0.5, 0.6) is 0 Å². The van der Waals surface area contributed by atoms with Crippen molar-refractivity contribution in [3.8, 4) is 0 Å². The van der Waals surface area contributed by atoms with Crippen molar-refractivity contribution in [3.63, 3.8) is 0 Å². The lowest BCUT2D eigenvalue weighted by molar-refractivity contribution is -0.141. The Labute approximate surface area is 176 Å². The lowest BCUT2D eigenvalue weighted by Gasteiger charge is -2.32. The van der Waals surface area contributed by atoms with Crippen LogP contribution in [-0.2, 0) is 38.2 Å². The van der Waals surface area contributed by atoms with E-state index in [2.05, 4.69) is 20.1 Å². The third kappa shape index (κ3) is 4.97.